The quantitative estimate of drug-likeness (QED) is 0.527. The van der Waals surface area contributed by atoms with Crippen molar-refractivity contribution in [1.29, 1.82) is 0 Å². The first-order chi connectivity index (χ1) is 6.44. The zero-order valence-electron chi connectivity index (χ0n) is 10.4. The Morgan fingerprint density at radius 2 is 1.71 bits per heavy atom. The van der Waals surface area contributed by atoms with E-state index in [0.29, 0.717) is 10.8 Å². The van der Waals surface area contributed by atoms with Gasteiger partial charge in [-0.1, -0.05) is 40.5 Å². The van der Waals surface area contributed by atoms with Crippen LogP contribution in [-0.4, -0.2) is 0 Å². The molecule has 2 fully saturated rings. The fraction of sp³-hybridized carbons (Fsp3) is 1.00. The summed E-state index contributed by atoms with van der Waals surface area (Å²) in [4.78, 5) is 0. The second kappa shape index (κ2) is 3.25. The molecule has 0 aromatic rings. The molecule has 2 aliphatic rings. The minimum atomic E-state index is 0.618. The topological polar surface area (TPSA) is 0 Å². The van der Waals surface area contributed by atoms with Crippen molar-refractivity contribution in [3.63, 3.8) is 0 Å². The van der Waals surface area contributed by atoms with Gasteiger partial charge in [-0.2, -0.15) is 0 Å². The van der Waals surface area contributed by atoms with E-state index in [4.69, 9.17) is 0 Å². The van der Waals surface area contributed by atoms with Gasteiger partial charge in [-0.3, -0.25) is 0 Å². The lowest BCUT2D eigenvalue weighted by Crippen LogP contribution is -2.45. The first kappa shape index (κ1) is 10.5. The van der Waals surface area contributed by atoms with Gasteiger partial charge in [0, 0.05) is 0 Å². The molecule has 0 aromatic heterocycles. The fourth-order valence-electron chi connectivity index (χ4n) is 4.57. The van der Waals surface area contributed by atoms with Crippen LogP contribution in [-0.2, 0) is 0 Å². The lowest BCUT2D eigenvalue weighted by atomic mass is 9.50. The molecule has 0 N–H and O–H groups in total. The molecule has 0 bridgehead atoms. The Kier molecular flexibility index (Phi) is 2.44. The first-order valence-electron chi connectivity index (χ1n) is 6.44. The summed E-state index contributed by atoms with van der Waals surface area (Å²) in [6.45, 7) is 10.0. The molecule has 0 radical (unpaired) electrons. The van der Waals surface area contributed by atoms with Gasteiger partial charge in [0.05, 0.1) is 0 Å². The van der Waals surface area contributed by atoms with Gasteiger partial charge in [-0.05, 0) is 48.3 Å². The van der Waals surface area contributed by atoms with E-state index in [1.165, 1.54) is 38.5 Å². The summed E-state index contributed by atoms with van der Waals surface area (Å²) < 4.78 is 0. The zero-order valence-corrected chi connectivity index (χ0v) is 10.4. The van der Waals surface area contributed by atoms with Crippen LogP contribution in [0.5, 0.6) is 0 Å². The van der Waals surface area contributed by atoms with Gasteiger partial charge in [0.1, 0.15) is 0 Å². The lowest BCUT2D eigenvalue weighted by molar-refractivity contribution is -0.0468. The predicted octanol–water partition coefficient (Wildman–Crippen LogP) is 4.64. The maximum atomic E-state index is 2.56. The van der Waals surface area contributed by atoms with Crippen molar-refractivity contribution in [2.45, 2.75) is 66.2 Å². The van der Waals surface area contributed by atoms with Crippen molar-refractivity contribution in [2.24, 2.45) is 22.7 Å². The Balaban J connectivity index is 2.21. The molecular weight excluding hydrogens is 168 g/mol. The third kappa shape index (κ3) is 1.61. The van der Waals surface area contributed by atoms with Crippen LogP contribution in [0.1, 0.15) is 66.2 Å². The van der Waals surface area contributed by atoms with Crippen molar-refractivity contribution >= 4 is 0 Å². The van der Waals surface area contributed by atoms with E-state index in [0.717, 1.165) is 11.8 Å². The number of rotatable bonds is 0. The summed E-state index contributed by atoms with van der Waals surface area (Å²) in [5.41, 5.74) is 1.30. The second-order valence-corrected chi connectivity index (χ2v) is 6.94. The Bertz CT molecular complexity index is 216. The highest BCUT2D eigenvalue weighted by molar-refractivity contribution is 4.98. The standard InChI is InChI=1S/C14H26/c1-11-6-7-12-13(2,3)8-5-9-14(12,4)10-11/h11-12H,5-10H2,1-4H3/t11-,12+,14-/m1/s1. The van der Waals surface area contributed by atoms with E-state index in [-0.39, 0.29) is 0 Å². The minimum Gasteiger partial charge on any atom is -0.0625 e. The van der Waals surface area contributed by atoms with E-state index in [1.54, 1.807) is 0 Å². The van der Waals surface area contributed by atoms with Crippen molar-refractivity contribution in [1.82, 2.24) is 0 Å². The molecule has 0 spiro atoms. The van der Waals surface area contributed by atoms with Gasteiger partial charge >= 0.3 is 0 Å². The normalized spacial score (nSPS) is 47.1. The van der Waals surface area contributed by atoms with Crippen LogP contribution < -0.4 is 0 Å². The summed E-state index contributed by atoms with van der Waals surface area (Å²) >= 11 is 0. The van der Waals surface area contributed by atoms with Gasteiger partial charge in [0.25, 0.3) is 0 Å². The van der Waals surface area contributed by atoms with Crippen LogP contribution in [0, 0.1) is 22.7 Å². The van der Waals surface area contributed by atoms with Gasteiger partial charge in [-0.25, -0.2) is 0 Å². The molecule has 2 rings (SSSR count). The Labute approximate surface area is 89.5 Å². The van der Waals surface area contributed by atoms with Crippen LogP contribution >= 0.6 is 0 Å². The van der Waals surface area contributed by atoms with E-state index in [2.05, 4.69) is 27.7 Å². The highest BCUT2D eigenvalue weighted by Crippen LogP contribution is 2.58. The second-order valence-electron chi connectivity index (χ2n) is 6.94. The minimum absolute atomic E-state index is 0.618. The van der Waals surface area contributed by atoms with Crippen LogP contribution in [0.3, 0.4) is 0 Å². The largest absolute Gasteiger partial charge is 0.0625 e. The van der Waals surface area contributed by atoms with Gasteiger partial charge < -0.3 is 0 Å². The lowest BCUT2D eigenvalue weighted by Gasteiger charge is -2.55. The monoisotopic (exact) mass is 194 g/mol. The summed E-state index contributed by atoms with van der Waals surface area (Å²) in [6.07, 6.45) is 8.87. The molecule has 0 aliphatic heterocycles. The fourth-order valence-corrected chi connectivity index (χ4v) is 4.57. The Morgan fingerprint density at radius 1 is 1.00 bits per heavy atom. The Morgan fingerprint density at radius 3 is 2.43 bits per heavy atom. The molecule has 0 heteroatoms. The maximum Gasteiger partial charge on any atom is -0.0290 e. The first-order valence-corrected chi connectivity index (χ1v) is 6.44. The van der Waals surface area contributed by atoms with Crippen molar-refractivity contribution in [3.05, 3.63) is 0 Å². The molecule has 0 unspecified atom stereocenters. The van der Waals surface area contributed by atoms with Crippen LogP contribution in [0.2, 0.25) is 0 Å². The van der Waals surface area contributed by atoms with Crippen LogP contribution in [0.25, 0.3) is 0 Å². The molecule has 14 heavy (non-hydrogen) atoms. The third-order valence-electron chi connectivity index (χ3n) is 5.12. The molecule has 0 heterocycles. The molecule has 0 amide bonds. The average molecular weight is 194 g/mol. The molecule has 0 nitrogen and oxygen atoms in total. The van der Waals surface area contributed by atoms with Crippen molar-refractivity contribution in [3.8, 4) is 0 Å². The highest BCUT2D eigenvalue weighted by Gasteiger charge is 2.48. The average Bonchev–Trinajstić information content (AvgIpc) is 2.00. The summed E-state index contributed by atoms with van der Waals surface area (Å²) in [5, 5.41) is 0. The number of hydrogen-bond acceptors (Lipinski definition) is 0. The molecular formula is C14H26. The van der Waals surface area contributed by atoms with Crippen LogP contribution in [0.4, 0.5) is 0 Å². The van der Waals surface area contributed by atoms with Gasteiger partial charge in [-0.15, -0.1) is 0 Å². The maximum absolute atomic E-state index is 2.56. The Hall–Kier alpha value is 0. The van der Waals surface area contributed by atoms with E-state index in [1.807, 2.05) is 0 Å². The summed E-state index contributed by atoms with van der Waals surface area (Å²) in [6, 6.07) is 0. The smallest absolute Gasteiger partial charge is 0.0290 e. The third-order valence-corrected chi connectivity index (χ3v) is 5.12. The highest BCUT2D eigenvalue weighted by atomic mass is 14.5. The number of fused-ring (bicyclic) bond motifs is 1. The molecule has 2 aliphatic carbocycles. The number of hydrogen-bond donors (Lipinski definition) is 0. The molecule has 3 atom stereocenters. The summed E-state index contributed by atoms with van der Waals surface area (Å²) in [7, 11) is 0. The molecule has 0 saturated heterocycles. The molecule has 0 aromatic carbocycles. The van der Waals surface area contributed by atoms with Crippen LogP contribution in [0.15, 0.2) is 0 Å². The van der Waals surface area contributed by atoms with E-state index >= 15 is 0 Å². The van der Waals surface area contributed by atoms with Gasteiger partial charge in [0.15, 0.2) is 0 Å². The predicted molar refractivity (Wildman–Crippen MR) is 62.2 cm³/mol. The zero-order chi connectivity index (χ0) is 10.4. The SMILES string of the molecule is C[C@@H]1CC[C@H]2C(C)(C)CCC[C@]2(C)C1. The molecule has 82 valence electrons. The van der Waals surface area contributed by atoms with Crippen molar-refractivity contribution in [2.75, 3.05) is 0 Å². The van der Waals surface area contributed by atoms with E-state index in [9.17, 15) is 0 Å². The van der Waals surface area contributed by atoms with Gasteiger partial charge in [0.2, 0.25) is 0 Å². The van der Waals surface area contributed by atoms with Crippen molar-refractivity contribution < 1.29 is 0 Å². The molecule has 2 saturated carbocycles. The summed E-state index contributed by atoms with van der Waals surface area (Å²) in [5.74, 6) is 1.98. The van der Waals surface area contributed by atoms with E-state index < -0.39 is 0 Å².